The summed E-state index contributed by atoms with van der Waals surface area (Å²) in [5.74, 6) is 0.142. The minimum Gasteiger partial charge on any atom is -0.396 e. The van der Waals surface area contributed by atoms with Crippen molar-refractivity contribution in [3.63, 3.8) is 0 Å². The van der Waals surface area contributed by atoms with E-state index in [9.17, 15) is 4.79 Å². The fourth-order valence-corrected chi connectivity index (χ4v) is 1.56. The monoisotopic (exact) mass is 245 g/mol. The van der Waals surface area contributed by atoms with Crippen molar-refractivity contribution in [2.45, 2.75) is 20.4 Å². The number of nitrogens with two attached hydrogens (primary N) is 1. The molecule has 3 N–H and O–H groups in total. The molecule has 0 aliphatic carbocycles. The van der Waals surface area contributed by atoms with Gasteiger partial charge in [-0.15, -0.1) is 0 Å². The topological polar surface area (TPSA) is 85.8 Å². The molecular formula is C12H15N5O. The van der Waals surface area contributed by atoms with Crippen molar-refractivity contribution >= 4 is 17.4 Å². The van der Waals surface area contributed by atoms with E-state index in [1.807, 2.05) is 26.0 Å². The molecule has 6 nitrogen and oxygen atoms in total. The number of nitrogens with zero attached hydrogens (tertiary/aromatic N) is 3. The van der Waals surface area contributed by atoms with E-state index < -0.39 is 0 Å². The Bertz CT molecular complexity index is 576. The quantitative estimate of drug-likeness (QED) is 0.856. The lowest BCUT2D eigenvalue weighted by Crippen LogP contribution is -2.15. The molecule has 0 saturated carbocycles. The Morgan fingerprint density at radius 3 is 2.89 bits per heavy atom. The Kier molecular flexibility index (Phi) is 3.27. The maximum atomic E-state index is 12.0. The first-order valence-electron chi connectivity index (χ1n) is 5.68. The first-order valence-corrected chi connectivity index (χ1v) is 5.68. The summed E-state index contributed by atoms with van der Waals surface area (Å²) >= 11 is 0. The summed E-state index contributed by atoms with van der Waals surface area (Å²) in [6, 6.07) is 5.40. The Balaban J connectivity index is 2.19. The van der Waals surface area contributed by atoms with Crippen molar-refractivity contribution in [1.82, 2.24) is 14.8 Å². The number of nitrogens with one attached hydrogen (secondary N) is 1. The van der Waals surface area contributed by atoms with Crippen LogP contribution in [0.3, 0.4) is 0 Å². The molecule has 2 rings (SSSR count). The molecule has 6 heteroatoms. The highest BCUT2D eigenvalue weighted by Gasteiger charge is 2.15. The smallest absolute Gasteiger partial charge is 0.279 e. The Hall–Kier alpha value is -2.37. The van der Waals surface area contributed by atoms with Gasteiger partial charge in [-0.2, -0.15) is 5.10 Å². The summed E-state index contributed by atoms with van der Waals surface area (Å²) in [5.41, 5.74) is 7.16. The van der Waals surface area contributed by atoms with E-state index in [-0.39, 0.29) is 11.6 Å². The minimum absolute atomic E-state index is 0.222. The molecule has 2 aromatic rings. The number of aromatic nitrogens is 3. The van der Waals surface area contributed by atoms with Crippen LogP contribution >= 0.6 is 0 Å². The highest BCUT2D eigenvalue weighted by Crippen LogP contribution is 2.12. The van der Waals surface area contributed by atoms with Crippen LogP contribution in [0, 0.1) is 6.92 Å². The van der Waals surface area contributed by atoms with Crippen molar-refractivity contribution in [2.75, 3.05) is 11.1 Å². The maximum absolute atomic E-state index is 12.0. The van der Waals surface area contributed by atoms with Gasteiger partial charge in [0.05, 0.1) is 5.69 Å². The number of pyridine rings is 1. The molecule has 2 heterocycles. The Labute approximate surface area is 105 Å². The van der Waals surface area contributed by atoms with Gasteiger partial charge < -0.3 is 11.1 Å². The van der Waals surface area contributed by atoms with Crippen molar-refractivity contribution in [3.05, 3.63) is 35.8 Å². The lowest BCUT2D eigenvalue weighted by atomic mass is 10.3. The third-order valence-electron chi connectivity index (χ3n) is 2.46. The van der Waals surface area contributed by atoms with Gasteiger partial charge in [0.15, 0.2) is 5.69 Å². The van der Waals surface area contributed by atoms with Gasteiger partial charge in [0.25, 0.3) is 5.91 Å². The van der Waals surface area contributed by atoms with Crippen molar-refractivity contribution in [3.8, 4) is 0 Å². The molecule has 0 aliphatic heterocycles. The molecule has 18 heavy (non-hydrogen) atoms. The van der Waals surface area contributed by atoms with Crippen LogP contribution in [0.25, 0.3) is 0 Å². The van der Waals surface area contributed by atoms with Crippen LogP contribution in [0.5, 0.6) is 0 Å². The third kappa shape index (κ3) is 2.48. The number of nitrogen functional groups attached to an aromatic ring is 1. The van der Waals surface area contributed by atoms with Crippen molar-refractivity contribution in [2.24, 2.45) is 0 Å². The van der Waals surface area contributed by atoms with Gasteiger partial charge in [-0.1, -0.05) is 6.07 Å². The SMILES string of the molecule is CCn1cc(N)c(C(=O)Nc2cccc(C)n2)n1. The zero-order chi connectivity index (χ0) is 13.1. The second-order valence-electron chi connectivity index (χ2n) is 3.91. The summed E-state index contributed by atoms with van der Waals surface area (Å²) in [7, 11) is 0. The van der Waals surface area contributed by atoms with Crippen molar-refractivity contribution in [1.29, 1.82) is 0 Å². The van der Waals surface area contributed by atoms with Gasteiger partial charge in [-0.25, -0.2) is 4.98 Å². The van der Waals surface area contributed by atoms with Gasteiger partial charge in [-0.3, -0.25) is 9.48 Å². The van der Waals surface area contributed by atoms with Crippen LogP contribution in [0.1, 0.15) is 23.1 Å². The first-order chi connectivity index (χ1) is 8.60. The second kappa shape index (κ2) is 4.87. The summed E-state index contributed by atoms with van der Waals surface area (Å²) < 4.78 is 1.62. The molecule has 94 valence electrons. The lowest BCUT2D eigenvalue weighted by Gasteiger charge is -2.03. The van der Waals surface area contributed by atoms with E-state index >= 15 is 0 Å². The number of hydrogen-bond acceptors (Lipinski definition) is 4. The molecule has 0 fully saturated rings. The maximum Gasteiger partial charge on any atom is 0.279 e. The van der Waals surface area contributed by atoms with Crippen LogP contribution in [-0.4, -0.2) is 20.7 Å². The largest absolute Gasteiger partial charge is 0.396 e. The highest BCUT2D eigenvalue weighted by atomic mass is 16.2. The van der Waals surface area contributed by atoms with Crippen LogP contribution in [0.2, 0.25) is 0 Å². The van der Waals surface area contributed by atoms with E-state index in [2.05, 4.69) is 15.4 Å². The van der Waals surface area contributed by atoms with E-state index in [0.29, 0.717) is 18.1 Å². The van der Waals surface area contributed by atoms with E-state index in [4.69, 9.17) is 5.73 Å². The zero-order valence-corrected chi connectivity index (χ0v) is 10.3. The predicted octanol–water partition coefficient (Wildman–Crippen LogP) is 1.44. The molecule has 0 unspecified atom stereocenters. The second-order valence-corrected chi connectivity index (χ2v) is 3.91. The molecule has 0 aromatic carbocycles. The fraction of sp³-hybridized carbons (Fsp3) is 0.250. The number of carbonyl (C=O) groups is 1. The summed E-state index contributed by atoms with van der Waals surface area (Å²) in [6.45, 7) is 4.45. The van der Waals surface area contributed by atoms with Gasteiger partial charge in [0.2, 0.25) is 0 Å². The van der Waals surface area contributed by atoms with Gasteiger partial charge in [0, 0.05) is 18.4 Å². The molecule has 0 aliphatic rings. The summed E-state index contributed by atoms with van der Waals surface area (Å²) in [4.78, 5) is 16.2. The van der Waals surface area contributed by atoms with Crippen LogP contribution < -0.4 is 11.1 Å². The molecule has 0 spiro atoms. The number of aryl methyl sites for hydroxylation is 2. The summed E-state index contributed by atoms with van der Waals surface area (Å²) in [5, 5.41) is 6.77. The fourth-order valence-electron chi connectivity index (χ4n) is 1.56. The molecular weight excluding hydrogens is 230 g/mol. The third-order valence-corrected chi connectivity index (χ3v) is 2.46. The molecule has 0 atom stereocenters. The van der Waals surface area contributed by atoms with E-state index in [1.165, 1.54) is 0 Å². The number of anilines is 2. The van der Waals surface area contributed by atoms with E-state index in [1.54, 1.807) is 16.9 Å². The predicted molar refractivity (Wildman–Crippen MR) is 69.2 cm³/mol. The minimum atomic E-state index is -0.349. The molecule has 0 bridgehead atoms. The van der Waals surface area contributed by atoms with E-state index in [0.717, 1.165) is 5.69 Å². The van der Waals surface area contributed by atoms with Crippen LogP contribution in [0.15, 0.2) is 24.4 Å². The summed E-state index contributed by atoms with van der Waals surface area (Å²) in [6.07, 6.45) is 1.64. The number of amides is 1. The highest BCUT2D eigenvalue weighted by molar-refractivity contribution is 6.05. The lowest BCUT2D eigenvalue weighted by molar-refractivity contribution is 0.102. The normalized spacial score (nSPS) is 10.3. The number of rotatable bonds is 3. The Morgan fingerprint density at radius 1 is 1.50 bits per heavy atom. The molecule has 1 amide bonds. The zero-order valence-electron chi connectivity index (χ0n) is 10.3. The van der Waals surface area contributed by atoms with Gasteiger partial charge in [0.1, 0.15) is 5.82 Å². The van der Waals surface area contributed by atoms with Crippen LogP contribution in [-0.2, 0) is 6.54 Å². The molecule has 0 saturated heterocycles. The molecule has 2 aromatic heterocycles. The van der Waals surface area contributed by atoms with Gasteiger partial charge in [-0.05, 0) is 26.0 Å². The first kappa shape index (κ1) is 12.1. The average Bonchev–Trinajstić information content (AvgIpc) is 2.70. The van der Waals surface area contributed by atoms with Crippen LogP contribution in [0.4, 0.5) is 11.5 Å². The molecule has 0 radical (unpaired) electrons. The average molecular weight is 245 g/mol. The standard InChI is InChI=1S/C12H15N5O/c1-3-17-7-9(13)11(16-17)12(18)15-10-6-4-5-8(2)14-10/h4-7H,3,13H2,1-2H3,(H,14,15,18). The number of carbonyl (C=O) groups excluding carboxylic acids is 1. The van der Waals surface area contributed by atoms with Gasteiger partial charge >= 0.3 is 0 Å². The van der Waals surface area contributed by atoms with Crippen molar-refractivity contribution < 1.29 is 4.79 Å². The Morgan fingerprint density at radius 2 is 2.28 bits per heavy atom. The number of hydrogen-bond donors (Lipinski definition) is 2.